The zero-order valence-electron chi connectivity index (χ0n) is 12.2. The van der Waals surface area contributed by atoms with Gasteiger partial charge >= 0.3 is 15.6 Å². The molecule has 0 bridgehead atoms. The Labute approximate surface area is 131 Å². The second-order valence-corrected chi connectivity index (χ2v) is 6.42. The first-order valence-corrected chi connectivity index (χ1v) is 7.98. The molecule has 0 fully saturated rings. The highest BCUT2D eigenvalue weighted by atomic mass is 32.2. The maximum atomic E-state index is 12.6. The Kier molecular flexibility index (Phi) is 4.26. The number of rotatable bonds is 3. The van der Waals surface area contributed by atoms with E-state index in [9.17, 15) is 21.6 Å². The van der Waals surface area contributed by atoms with Gasteiger partial charge in [-0.15, -0.1) is 0 Å². The van der Waals surface area contributed by atoms with Crippen molar-refractivity contribution in [3.63, 3.8) is 0 Å². The monoisotopic (exact) mass is 343 g/mol. The molecule has 0 atom stereocenters. The molecule has 0 aliphatic carbocycles. The Morgan fingerprint density at radius 1 is 1.26 bits per heavy atom. The summed E-state index contributed by atoms with van der Waals surface area (Å²) in [5.74, 6) is -0.343. The Balaban J connectivity index is 2.77. The minimum absolute atomic E-state index is 0.208. The maximum absolute atomic E-state index is 12.6. The van der Waals surface area contributed by atoms with Gasteiger partial charge in [0.05, 0.1) is 11.6 Å². The van der Waals surface area contributed by atoms with Gasteiger partial charge in [0.25, 0.3) is 0 Å². The first-order valence-electron chi connectivity index (χ1n) is 6.57. The van der Waals surface area contributed by atoms with Gasteiger partial charge in [-0.1, -0.05) is 13.0 Å². The van der Waals surface area contributed by atoms with E-state index < -0.39 is 15.6 Å². The molecule has 2 aromatic rings. The van der Waals surface area contributed by atoms with Crippen molar-refractivity contribution >= 4 is 20.9 Å². The third-order valence-corrected chi connectivity index (χ3v) is 4.33. The molecule has 0 aliphatic heterocycles. The first kappa shape index (κ1) is 17.1. The lowest BCUT2D eigenvalue weighted by atomic mass is 9.97. The summed E-state index contributed by atoms with van der Waals surface area (Å²) < 4.78 is 65.0. The number of fused-ring (bicyclic) bond motifs is 1. The lowest BCUT2D eigenvalue weighted by molar-refractivity contribution is -0.0499. The van der Waals surface area contributed by atoms with E-state index in [0.717, 1.165) is 0 Å². The fourth-order valence-electron chi connectivity index (χ4n) is 2.31. The van der Waals surface area contributed by atoms with Crippen LogP contribution in [0.15, 0.2) is 24.3 Å². The molecule has 0 saturated heterocycles. The summed E-state index contributed by atoms with van der Waals surface area (Å²) in [4.78, 5) is 0. The van der Waals surface area contributed by atoms with Gasteiger partial charge in [0.15, 0.2) is 5.75 Å². The molecule has 4 nitrogen and oxygen atoms in total. The zero-order valence-corrected chi connectivity index (χ0v) is 13.0. The molecule has 0 unspecified atom stereocenters. The quantitative estimate of drug-likeness (QED) is 0.628. The molecule has 0 radical (unpaired) electrons. The molecule has 0 amide bonds. The van der Waals surface area contributed by atoms with Crippen molar-refractivity contribution in [2.45, 2.75) is 25.8 Å². The topological polar surface area (TPSA) is 67.2 Å². The van der Waals surface area contributed by atoms with Crippen LogP contribution >= 0.6 is 0 Å². The van der Waals surface area contributed by atoms with Crippen LogP contribution in [-0.2, 0) is 16.5 Å². The average molecular weight is 343 g/mol. The van der Waals surface area contributed by atoms with Gasteiger partial charge in [-0.3, -0.25) is 0 Å². The number of nitrogens with zero attached hydrogens (tertiary/aromatic N) is 1. The SMILES string of the molecule is CCc1c(C)cc2cc(C#N)ccc2c1OS(=O)(=O)C(F)(F)F. The van der Waals surface area contributed by atoms with Crippen molar-refractivity contribution in [3.05, 3.63) is 41.0 Å². The van der Waals surface area contributed by atoms with Gasteiger partial charge in [-0.05, 0) is 48.1 Å². The predicted octanol–water partition coefficient (Wildman–Crippen LogP) is 3.81. The average Bonchev–Trinajstić information content (AvgIpc) is 2.45. The summed E-state index contributed by atoms with van der Waals surface area (Å²) in [6, 6.07) is 7.85. The fourth-order valence-corrected chi connectivity index (χ4v) is 2.82. The molecule has 0 heterocycles. The first-order chi connectivity index (χ1) is 10.6. The molecular formula is C15H12F3NO3S. The smallest absolute Gasteiger partial charge is 0.375 e. The molecule has 0 spiro atoms. The highest BCUT2D eigenvalue weighted by Gasteiger charge is 2.49. The number of halogens is 3. The summed E-state index contributed by atoms with van der Waals surface area (Å²) in [5.41, 5.74) is -4.25. The zero-order chi connectivity index (χ0) is 17.4. The van der Waals surface area contributed by atoms with Gasteiger partial charge in [-0.2, -0.15) is 26.9 Å². The van der Waals surface area contributed by atoms with Gasteiger partial charge in [-0.25, -0.2) is 0 Å². The summed E-state index contributed by atoms with van der Waals surface area (Å²) in [5, 5.41) is 9.55. The van der Waals surface area contributed by atoms with Crippen molar-refractivity contribution in [1.29, 1.82) is 5.26 Å². The van der Waals surface area contributed by atoms with Gasteiger partial charge in [0, 0.05) is 5.39 Å². The normalized spacial score (nSPS) is 12.2. The number of hydrogen-bond donors (Lipinski definition) is 0. The summed E-state index contributed by atoms with van der Waals surface area (Å²) in [7, 11) is -5.77. The number of nitriles is 1. The minimum Gasteiger partial charge on any atom is -0.375 e. The van der Waals surface area contributed by atoms with Crippen LogP contribution in [0.3, 0.4) is 0 Å². The molecule has 23 heavy (non-hydrogen) atoms. The molecule has 2 aromatic carbocycles. The molecule has 0 aliphatic rings. The van der Waals surface area contributed by atoms with Crippen LogP contribution in [0.4, 0.5) is 13.2 Å². The third kappa shape index (κ3) is 3.10. The number of alkyl halides is 3. The van der Waals surface area contributed by atoms with Gasteiger partial charge < -0.3 is 4.18 Å². The summed E-state index contributed by atoms with van der Waals surface area (Å²) in [6.07, 6.45) is 0.296. The molecule has 122 valence electrons. The van der Waals surface area contributed by atoms with Crippen LogP contribution in [0.1, 0.15) is 23.6 Å². The minimum atomic E-state index is -5.77. The lowest BCUT2D eigenvalue weighted by Crippen LogP contribution is -2.28. The van der Waals surface area contributed by atoms with Crippen LogP contribution in [0.5, 0.6) is 5.75 Å². The van der Waals surface area contributed by atoms with Crippen molar-refractivity contribution in [3.8, 4) is 11.8 Å². The molecule has 0 aromatic heterocycles. The maximum Gasteiger partial charge on any atom is 0.534 e. The highest BCUT2D eigenvalue weighted by Crippen LogP contribution is 2.37. The van der Waals surface area contributed by atoms with E-state index in [1.165, 1.54) is 18.2 Å². The molecule has 0 N–H and O–H groups in total. The Bertz CT molecular complexity index is 912. The van der Waals surface area contributed by atoms with Crippen molar-refractivity contribution in [2.24, 2.45) is 0 Å². The molecule has 8 heteroatoms. The molecule has 2 rings (SSSR count). The Morgan fingerprint density at radius 3 is 2.43 bits per heavy atom. The number of hydrogen-bond acceptors (Lipinski definition) is 4. The van der Waals surface area contributed by atoms with Crippen LogP contribution in [0, 0.1) is 18.3 Å². The van der Waals surface area contributed by atoms with Gasteiger partial charge in [0.1, 0.15) is 0 Å². The second kappa shape index (κ2) is 5.74. The number of aryl methyl sites for hydroxylation is 1. The molecular weight excluding hydrogens is 331 g/mol. The van der Waals surface area contributed by atoms with E-state index in [0.29, 0.717) is 28.5 Å². The second-order valence-electron chi connectivity index (χ2n) is 4.89. The van der Waals surface area contributed by atoms with Gasteiger partial charge in [0.2, 0.25) is 0 Å². The summed E-state index contributed by atoms with van der Waals surface area (Å²) >= 11 is 0. The Morgan fingerprint density at radius 2 is 1.91 bits per heavy atom. The Hall–Kier alpha value is -2.27. The van der Waals surface area contributed by atoms with Crippen LogP contribution in [0.25, 0.3) is 10.8 Å². The van der Waals surface area contributed by atoms with Crippen LogP contribution in [0.2, 0.25) is 0 Å². The summed E-state index contributed by atoms with van der Waals surface area (Å²) in [6.45, 7) is 3.33. The van der Waals surface area contributed by atoms with E-state index in [4.69, 9.17) is 5.26 Å². The van der Waals surface area contributed by atoms with E-state index >= 15 is 0 Å². The van der Waals surface area contributed by atoms with Crippen molar-refractivity contribution in [1.82, 2.24) is 0 Å². The van der Waals surface area contributed by atoms with E-state index in [1.807, 2.05) is 6.07 Å². The standard InChI is InChI=1S/C15H12F3NO3S/c1-3-12-9(2)6-11-7-10(8-19)4-5-13(11)14(12)22-23(20,21)15(16,17)18/h4-7H,3H2,1-2H3. The lowest BCUT2D eigenvalue weighted by Gasteiger charge is -2.16. The van der Waals surface area contributed by atoms with Crippen molar-refractivity contribution in [2.75, 3.05) is 0 Å². The van der Waals surface area contributed by atoms with Crippen LogP contribution < -0.4 is 4.18 Å². The number of benzene rings is 2. The van der Waals surface area contributed by atoms with E-state index in [1.54, 1.807) is 19.9 Å². The van der Waals surface area contributed by atoms with E-state index in [-0.39, 0.29) is 11.1 Å². The van der Waals surface area contributed by atoms with Crippen molar-refractivity contribution < 1.29 is 25.8 Å². The third-order valence-electron chi connectivity index (χ3n) is 3.38. The largest absolute Gasteiger partial charge is 0.534 e. The highest BCUT2D eigenvalue weighted by molar-refractivity contribution is 7.88. The molecule has 0 saturated carbocycles. The fraction of sp³-hybridized carbons (Fsp3) is 0.267. The van der Waals surface area contributed by atoms with E-state index in [2.05, 4.69) is 4.18 Å². The predicted molar refractivity (Wildman–Crippen MR) is 78.4 cm³/mol. The van der Waals surface area contributed by atoms with Crippen LogP contribution in [-0.4, -0.2) is 13.9 Å².